The van der Waals surface area contributed by atoms with Gasteiger partial charge in [0.25, 0.3) is 0 Å². The number of hydrogen-bond acceptors (Lipinski definition) is 4. The van der Waals surface area contributed by atoms with Crippen LogP contribution in [0, 0.1) is 5.41 Å². The van der Waals surface area contributed by atoms with Gasteiger partial charge in [-0.25, -0.2) is 0 Å². The summed E-state index contributed by atoms with van der Waals surface area (Å²) >= 11 is 5.93. The molecule has 1 fully saturated rings. The summed E-state index contributed by atoms with van der Waals surface area (Å²) in [7, 11) is 0. The Morgan fingerprint density at radius 2 is 1.61 bits per heavy atom. The van der Waals surface area contributed by atoms with Crippen molar-refractivity contribution in [2.45, 2.75) is 26.7 Å². The Labute approximate surface area is 185 Å². The van der Waals surface area contributed by atoms with Crippen molar-refractivity contribution in [1.82, 2.24) is 10.2 Å². The third kappa shape index (κ3) is 6.41. The molecule has 1 aromatic carbocycles. The smallest absolute Gasteiger partial charge is 0.242 e. The van der Waals surface area contributed by atoms with Crippen LogP contribution in [0.25, 0.3) is 0 Å². The lowest BCUT2D eigenvalue weighted by atomic mass is 9.81. The SMILES string of the molecule is CCC(CC)(CN)C(=O)NCC(=O)N1CCN(c2ccc(Cl)cc2)CC1.Cl.Cl. The van der Waals surface area contributed by atoms with Gasteiger partial charge in [-0.1, -0.05) is 25.4 Å². The second-order valence-corrected chi connectivity index (χ2v) is 7.15. The van der Waals surface area contributed by atoms with E-state index in [1.807, 2.05) is 38.1 Å². The van der Waals surface area contributed by atoms with Crippen LogP contribution < -0.4 is 16.0 Å². The van der Waals surface area contributed by atoms with E-state index in [-0.39, 0.29) is 43.2 Å². The molecule has 9 heteroatoms. The van der Waals surface area contributed by atoms with Crippen LogP contribution in [-0.2, 0) is 9.59 Å². The van der Waals surface area contributed by atoms with Gasteiger partial charge in [0, 0.05) is 43.4 Å². The molecule has 6 nitrogen and oxygen atoms in total. The molecular formula is C19H31Cl3N4O2. The standard InChI is InChI=1S/C19H29ClN4O2.2ClH/c1-3-19(4-2,14-21)18(26)22-13-17(25)24-11-9-23(10-12-24)16-7-5-15(20)6-8-16;;/h5-8H,3-4,9-14,21H2,1-2H3,(H,22,26);2*1H. The first-order valence-corrected chi connectivity index (χ1v) is 9.60. The van der Waals surface area contributed by atoms with Gasteiger partial charge in [-0.3, -0.25) is 9.59 Å². The summed E-state index contributed by atoms with van der Waals surface area (Å²) in [6, 6.07) is 7.72. The summed E-state index contributed by atoms with van der Waals surface area (Å²) in [4.78, 5) is 28.9. The van der Waals surface area contributed by atoms with Gasteiger partial charge >= 0.3 is 0 Å². The van der Waals surface area contributed by atoms with Gasteiger partial charge < -0.3 is 20.9 Å². The summed E-state index contributed by atoms with van der Waals surface area (Å²) in [6.07, 6.45) is 1.33. The van der Waals surface area contributed by atoms with Crippen molar-refractivity contribution in [3.63, 3.8) is 0 Å². The minimum Gasteiger partial charge on any atom is -0.368 e. The largest absolute Gasteiger partial charge is 0.368 e. The topological polar surface area (TPSA) is 78.7 Å². The zero-order valence-electron chi connectivity index (χ0n) is 16.4. The van der Waals surface area contributed by atoms with Crippen molar-refractivity contribution in [2.24, 2.45) is 11.1 Å². The molecule has 0 spiro atoms. The quantitative estimate of drug-likeness (QED) is 0.665. The molecule has 3 N–H and O–H groups in total. The van der Waals surface area contributed by atoms with Crippen LogP contribution in [0.1, 0.15) is 26.7 Å². The number of carbonyl (C=O) groups is 2. The first-order valence-electron chi connectivity index (χ1n) is 9.22. The zero-order chi connectivity index (χ0) is 19.2. The number of rotatable bonds is 7. The van der Waals surface area contributed by atoms with E-state index in [0.29, 0.717) is 37.5 Å². The molecule has 2 amide bonds. The maximum Gasteiger partial charge on any atom is 0.242 e. The van der Waals surface area contributed by atoms with Crippen molar-refractivity contribution in [1.29, 1.82) is 0 Å². The Hall–Kier alpha value is -1.21. The van der Waals surface area contributed by atoms with Crippen molar-refractivity contribution in [3.8, 4) is 0 Å². The van der Waals surface area contributed by atoms with Crippen molar-refractivity contribution in [3.05, 3.63) is 29.3 Å². The third-order valence-corrected chi connectivity index (χ3v) is 5.70. The van der Waals surface area contributed by atoms with Crippen molar-refractivity contribution < 1.29 is 9.59 Å². The van der Waals surface area contributed by atoms with Gasteiger partial charge in [0.2, 0.25) is 11.8 Å². The summed E-state index contributed by atoms with van der Waals surface area (Å²) < 4.78 is 0. The van der Waals surface area contributed by atoms with E-state index in [1.54, 1.807) is 4.90 Å². The molecule has 1 aromatic rings. The monoisotopic (exact) mass is 452 g/mol. The molecule has 0 radical (unpaired) electrons. The number of nitrogens with one attached hydrogen (secondary N) is 1. The van der Waals surface area contributed by atoms with Crippen LogP contribution in [0.2, 0.25) is 5.02 Å². The van der Waals surface area contributed by atoms with Crippen LogP contribution in [0.15, 0.2) is 24.3 Å². The highest BCUT2D eigenvalue weighted by Crippen LogP contribution is 2.25. The van der Waals surface area contributed by atoms with Gasteiger partial charge in [-0.05, 0) is 37.1 Å². The molecule has 1 aliphatic rings. The fourth-order valence-corrected chi connectivity index (χ4v) is 3.40. The summed E-state index contributed by atoms with van der Waals surface area (Å²) in [6.45, 7) is 7.03. The van der Waals surface area contributed by atoms with E-state index < -0.39 is 5.41 Å². The van der Waals surface area contributed by atoms with Gasteiger partial charge in [0.15, 0.2) is 0 Å². The van der Waals surface area contributed by atoms with E-state index >= 15 is 0 Å². The third-order valence-electron chi connectivity index (χ3n) is 5.45. The molecule has 28 heavy (non-hydrogen) atoms. The highest BCUT2D eigenvalue weighted by atomic mass is 35.5. The lowest BCUT2D eigenvalue weighted by Crippen LogP contribution is -2.53. The summed E-state index contributed by atoms with van der Waals surface area (Å²) in [5, 5.41) is 3.50. The van der Waals surface area contributed by atoms with Crippen LogP contribution >= 0.6 is 36.4 Å². The minimum atomic E-state index is -0.576. The lowest BCUT2D eigenvalue weighted by molar-refractivity contribution is -0.136. The van der Waals surface area contributed by atoms with Crippen molar-refractivity contribution in [2.75, 3.05) is 44.2 Å². The molecule has 1 heterocycles. The molecule has 2 rings (SSSR count). The molecule has 0 bridgehead atoms. The van der Waals surface area contributed by atoms with Gasteiger partial charge in [-0.2, -0.15) is 0 Å². The predicted octanol–water partition coefficient (Wildman–Crippen LogP) is 2.71. The zero-order valence-corrected chi connectivity index (χ0v) is 18.8. The Morgan fingerprint density at radius 3 is 2.07 bits per heavy atom. The average Bonchev–Trinajstić information content (AvgIpc) is 2.68. The second kappa shape index (κ2) is 12.4. The number of amides is 2. The number of nitrogens with zero attached hydrogens (tertiary/aromatic N) is 2. The van der Waals surface area contributed by atoms with Crippen LogP contribution in [0.3, 0.4) is 0 Å². The molecule has 1 saturated heterocycles. The van der Waals surface area contributed by atoms with Crippen LogP contribution in [0.5, 0.6) is 0 Å². The van der Waals surface area contributed by atoms with Crippen molar-refractivity contribution >= 4 is 53.9 Å². The van der Waals surface area contributed by atoms with Gasteiger partial charge in [-0.15, -0.1) is 24.8 Å². The lowest BCUT2D eigenvalue weighted by Gasteiger charge is -2.36. The maximum absolute atomic E-state index is 12.4. The normalized spacial score (nSPS) is 14.0. The fraction of sp³-hybridized carbons (Fsp3) is 0.579. The number of benzene rings is 1. The highest BCUT2D eigenvalue weighted by Gasteiger charge is 2.33. The number of halogens is 3. The molecular weight excluding hydrogens is 423 g/mol. The fourth-order valence-electron chi connectivity index (χ4n) is 3.27. The Kier molecular flexibility index (Phi) is 11.8. The van der Waals surface area contributed by atoms with Gasteiger partial charge in [0.05, 0.1) is 12.0 Å². The number of nitrogens with two attached hydrogens (primary N) is 1. The van der Waals surface area contributed by atoms with E-state index in [9.17, 15) is 9.59 Å². The number of hydrogen-bond donors (Lipinski definition) is 2. The second-order valence-electron chi connectivity index (χ2n) is 6.72. The molecule has 0 unspecified atom stereocenters. The minimum absolute atomic E-state index is 0. The first kappa shape index (κ1) is 26.8. The van der Waals surface area contributed by atoms with Crippen LogP contribution in [-0.4, -0.2) is 56.0 Å². The number of carbonyl (C=O) groups excluding carboxylic acids is 2. The molecule has 1 aliphatic heterocycles. The Balaban J connectivity index is 0.00000364. The molecule has 0 aromatic heterocycles. The maximum atomic E-state index is 12.4. The van der Waals surface area contributed by atoms with Gasteiger partial charge in [0.1, 0.15) is 0 Å². The Morgan fingerprint density at radius 1 is 1.07 bits per heavy atom. The summed E-state index contributed by atoms with van der Waals surface area (Å²) in [5.74, 6) is -0.176. The number of piperazine rings is 1. The average molecular weight is 454 g/mol. The Bertz CT molecular complexity index is 608. The van der Waals surface area contributed by atoms with E-state index in [2.05, 4.69) is 10.2 Å². The van der Waals surface area contributed by atoms with E-state index in [0.717, 1.165) is 18.8 Å². The summed E-state index contributed by atoms with van der Waals surface area (Å²) in [5.41, 5.74) is 6.32. The predicted molar refractivity (Wildman–Crippen MR) is 120 cm³/mol. The van der Waals surface area contributed by atoms with Crippen LogP contribution in [0.4, 0.5) is 5.69 Å². The van der Waals surface area contributed by atoms with E-state index in [4.69, 9.17) is 17.3 Å². The molecule has 160 valence electrons. The molecule has 0 saturated carbocycles. The molecule has 0 atom stereocenters. The molecule has 0 aliphatic carbocycles. The highest BCUT2D eigenvalue weighted by molar-refractivity contribution is 6.30. The van der Waals surface area contributed by atoms with E-state index in [1.165, 1.54) is 0 Å². The number of anilines is 1. The first-order chi connectivity index (χ1) is 12.5.